The van der Waals surface area contributed by atoms with E-state index in [9.17, 15) is 0 Å². The van der Waals surface area contributed by atoms with E-state index in [-0.39, 0.29) is 0 Å². The highest BCUT2D eigenvalue weighted by Gasteiger charge is 1.95. The second-order valence-corrected chi connectivity index (χ2v) is 2.50. The van der Waals surface area contributed by atoms with Crippen molar-refractivity contribution in [3.8, 4) is 0 Å². The van der Waals surface area contributed by atoms with Crippen LogP contribution in [-0.2, 0) is 0 Å². The molecule has 0 amide bonds. The molecule has 12 heavy (non-hydrogen) atoms. The first-order chi connectivity index (χ1) is 5.85. The van der Waals surface area contributed by atoms with Crippen molar-refractivity contribution in [2.75, 3.05) is 26.2 Å². The Labute approximate surface area is 75.1 Å². The molecule has 0 spiro atoms. The third kappa shape index (κ3) is 5.89. The zero-order valence-electron chi connectivity index (χ0n) is 7.58. The van der Waals surface area contributed by atoms with Gasteiger partial charge in [-0.25, -0.2) is 0 Å². The zero-order chi connectivity index (χ0) is 9.23. The predicted octanol–water partition coefficient (Wildman–Crippen LogP) is 1.18. The van der Waals surface area contributed by atoms with E-state index in [1.807, 2.05) is 18.2 Å². The van der Waals surface area contributed by atoms with E-state index in [0.717, 1.165) is 19.6 Å². The summed E-state index contributed by atoms with van der Waals surface area (Å²) < 4.78 is 0. The lowest BCUT2D eigenvalue weighted by Gasteiger charge is -2.15. The minimum atomic E-state index is 0.607. The molecular formula is C10H18N2. The Morgan fingerprint density at radius 1 is 1.00 bits per heavy atom. The number of nitrogens with two attached hydrogens (primary N) is 1. The molecule has 0 aromatic carbocycles. The third-order valence-corrected chi connectivity index (χ3v) is 1.44. The average molecular weight is 166 g/mol. The molecule has 0 saturated carbocycles. The summed E-state index contributed by atoms with van der Waals surface area (Å²) in [5.41, 5.74) is 5.32. The van der Waals surface area contributed by atoms with E-state index in [1.54, 1.807) is 0 Å². The van der Waals surface area contributed by atoms with E-state index >= 15 is 0 Å². The van der Waals surface area contributed by atoms with Crippen molar-refractivity contribution in [3.63, 3.8) is 0 Å². The molecule has 0 aromatic rings. The van der Waals surface area contributed by atoms with Crippen molar-refractivity contribution < 1.29 is 0 Å². The van der Waals surface area contributed by atoms with E-state index in [0.29, 0.717) is 6.54 Å². The van der Waals surface area contributed by atoms with Crippen molar-refractivity contribution in [1.82, 2.24) is 4.90 Å². The van der Waals surface area contributed by atoms with Gasteiger partial charge in [0, 0.05) is 26.2 Å². The monoisotopic (exact) mass is 166 g/mol. The first-order valence-electron chi connectivity index (χ1n) is 4.14. The quantitative estimate of drug-likeness (QED) is 0.575. The molecule has 2 nitrogen and oxygen atoms in total. The molecular weight excluding hydrogens is 148 g/mol. The van der Waals surface area contributed by atoms with Crippen molar-refractivity contribution in [3.05, 3.63) is 37.5 Å². The Hall–Kier alpha value is -0.860. The molecule has 0 aromatic heterocycles. The standard InChI is InChI=1S/C10H18N2/c1-3-8-12(9-4-2)10-6-5-7-11/h3-6H,1-2,7-11H2/b6-5+. The van der Waals surface area contributed by atoms with Crippen molar-refractivity contribution in [2.24, 2.45) is 5.73 Å². The van der Waals surface area contributed by atoms with Crippen LogP contribution >= 0.6 is 0 Å². The van der Waals surface area contributed by atoms with Crippen molar-refractivity contribution in [2.45, 2.75) is 0 Å². The topological polar surface area (TPSA) is 29.3 Å². The molecule has 0 fully saturated rings. The Kier molecular flexibility index (Phi) is 7.65. The Morgan fingerprint density at radius 3 is 2.00 bits per heavy atom. The summed E-state index contributed by atoms with van der Waals surface area (Å²) in [4.78, 5) is 2.21. The van der Waals surface area contributed by atoms with Crippen LogP contribution in [0, 0.1) is 0 Å². The van der Waals surface area contributed by atoms with Gasteiger partial charge in [0.05, 0.1) is 0 Å². The summed E-state index contributed by atoms with van der Waals surface area (Å²) in [6.45, 7) is 10.7. The predicted molar refractivity (Wildman–Crippen MR) is 55.0 cm³/mol. The van der Waals surface area contributed by atoms with Gasteiger partial charge in [-0.2, -0.15) is 0 Å². The number of rotatable bonds is 7. The lowest BCUT2D eigenvalue weighted by atomic mass is 10.4. The minimum Gasteiger partial charge on any atom is -0.327 e. The van der Waals surface area contributed by atoms with Gasteiger partial charge in [0.2, 0.25) is 0 Å². The Bertz CT molecular complexity index is 140. The maximum atomic E-state index is 5.32. The number of hydrogen-bond acceptors (Lipinski definition) is 2. The third-order valence-electron chi connectivity index (χ3n) is 1.44. The first kappa shape index (κ1) is 11.1. The molecule has 0 aliphatic rings. The zero-order valence-corrected chi connectivity index (χ0v) is 7.58. The SMILES string of the molecule is C=CCN(CC=C)C/C=C/CN. The summed E-state index contributed by atoms with van der Waals surface area (Å²) >= 11 is 0. The van der Waals surface area contributed by atoms with Crippen LogP contribution in [0.5, 0.6) is 0 Å². The summed E-state index contributed by atoms with van der Waals surface area (Å²) in [5, 5.41) is 0. The molecule has 0 rings (SSSR count). The van der Waals surface area contributed by atoms with Crippen LogP contribution in [0.4, 0.5) is 0 Å². The van der Waals surface area contributed by atoms with E-state index < -0.39 is 0 Å². The van der Waals surface area contributed by atoms with Crippen LogP contribution in [0.25, 0.3) is 0 Å². The van der Waals surface area contributed by atoms with Gasteiger partial charge in [-0.05, 0) is 0 Å². The smallest absolute Gasteiger partial charge is 0.0170 e. The molecule has 0 atom stereocenters. The van der Waals surface area contributed by atoms with Gasteiger partial charge in [-0.3, -0.25) is 4.90 Å². The van der Waals surface area contributed by atoms with E-state index in [1.165, 1.54) is 0 Å². The molecule has 0 unspecified atom stereocenters. The maximum absolute atomic E-state index is 5.32. The van der Waals surface area contributed by atoms with Crippen molar-refractivity contribution >= 4 is 0 Å². The Balaban J connectivity index is 3.68. The fourth-order valence-corrected chi connectivity index (χ4v) is 0.909. The lowest BCUT2D eigenvalue weighted by Crippen LogP contribution is -2.23. The van der Waals surface area contributed by atoms with Crippen LogP contribution in [0.3, 0.4) is 0 Å². The van der Waals surface area contributed by atoms with Gasteiger partial charge in [0.15, 0.2) is 0 Å². The van der Waals surface area contributed by atoms with Crippen molar-refractivity contribution in [1.29, 1.82) is 0 Å². The minimum absolute atomic E-state index is 0.607. The van der Waals surface area contributed by atoms with Gasteiger partial charge in [0.1, 0.15) is 0 Å². The summed E-state index contributed by atoms with van der Waals surface area (Å²) in [6, 6.07) is 0. The first-order valence-corrected chi connectivity index (χ1v) is 4.14. The molecule has 0 radical (unpaired) electrons. The van der Waals surface area contributed by atoms with Gasteiger partial charge in [0.25, 0.3) is 0 Å². The lowest BCUT2D eigenvalue weighted by molar-refractivity contribution is 0.373. The summed E-state index contributed by atoms with van der Waals surface area (Å²) in [5.74, 6) is 0. The molecule has 0 aliphatic carbocycles. The number of nitrogens with zero attached hydrogens (tertiary/aromatic N) is 1. The average Bonchev–Trinajstić information content (AvgIpc) is 2.06. The van der Waals surface area contributed by atoms with E-state index in [4.69, 9.17) is 5.73 Å². The number of hydrogen-bond donors (Lipinski definition) is 1. The molecule has 0 bridgehead atoms. The highest BCUT2D eigenvalue weighted by Crippen LogP contribution is 1.89. The van der Waals surface area contributed by atoms with Crippen LogP contribution in [-0.4, -0.2) is 31.1 Å². The fourth-order valence-electron chi connectivity index (χ4n) is 0.909. The largest absolute Gasteiger partial charge is 0.327 e. The highest BCUT2D eigenvalue weighted by atomic mass is 15.1. The molecule has 2 heteroatoms. The molecule has 0 saturated heterocycles. The van der Waals surface area contributed by atoms with Crippen LogP contribution in [0.2, 0.25) is 0 Å². The van der Waals surface area contributed by atoms with Gasteiger partial charge in [-0.1, -0.05) is 24.3 Å². The normalized spacial score (nSPS) is 10.8. The molecule has 2 N–H and O–H groups in total. The van der Waals surface area contributed by atoms with Crippen LogP contribution in [0.1, 0.15) is 0 Å². The van der Waals surface area contributed by atoms with Gasteiger partial charge >= 0.3 is 0 Å². The molecule has 68 valence electrons. The Morgan fingerprint density at radius 2 is 1.58 bits per heavy atom. The highest BCUT2D eigenvalue weighted by molar-refractivity contribution is 4.89. The van der Waals surface area contributed by atoms with Gasteiger partial charge in [-0.15, -0.1) is 13.2 Å². The van der Waals surface area contributed by atoms with Crippen LogP contribution in [0.15, 0.2) is 37.5 Å². The summed E-state index contributed by atoms with van der Waals surface area (Å²) in [7, 11) is 0. The molecule has 0 heterocycles. The maximum Gasteiger partial charge on any atom is 0.0170 e. The fraction of sp³-hybridized carbons (Fsp3) is 0.400. The van der Waals surface area contributed by atoms with E-state index in [2.05, 4.69) is 24.1 Å². The second kappa shape index (κ2) is 8.24. The summed E-state index contributed by atoms with van der Waals surface area (Å²) in [6.07, 6.45) is 7.80. The van der Waals surface area contributed by atoms with Crippen LogP contribution < -0.4 is 5.73 Å². The van der Waals surface area contributed by atoms with Gasteiger partial charge < -0.3 is 5.73 Å². The second-order valence-electron chi connectivity index (χ2n) is 2.50. The molecule has 0 aliphatic heterocycles.